The molecule has 0 saturated heterocycles. The molecule has 2 rings (SSSR count). The van der Waals surface area contributed by atoms with Gasteiger partial charge in [0, 0.05) is 0 Å². The van der Waals surface area contributed by atoms with Crippen LogP contribution in [0.4, 0.5) is 9.18 Å². The van der Waals surface area contributed by atoms with Crippen molar-refractivity contribution in [3.05, 3.63) is 48.0 Å². The van der Waals surface area contributed by atoms with Crippen LogP contribution >= 0.6 is 0 Å². The second-order valence-electron chi connectivity index (χ2n) is 3.42. The van der Waals surface area contributed by atoms with Crippen LogP contribution in [0.3, 0.4) is 0 Å². The predicted octanol–water partition coefficient (Wildman–Crippen LogP) is 2.09. The highest BCUT2D eigenvalue weighted by atomic mass is 19.1. The maximum Gasteiger partial charge on any atom is 0.332 e. The zero-order chi connectivity index (χ0) is 13.0. The van der Waals surface area contributed by atoms with E-state index < -0.39 is 6.03 Å². The molecular weight excluding hydrogens is 237 g/mol. The van der Waals surface area contributed by atoms with Crippen LogP contribution in [0, 0.1) is 5.82 Å². The number of benzene rings is 1. The van der Waals surface area contributed by atoms with Crippen molar-refractivity contribution in [2.75, 3.05) is 0 Å². The molecule has 0 aliphatic heterocycles. The summed E-state index contributed by atoms with van der Waals surface area (Å²) in [5, 5.41) is 3.53. The fourth-order valence-corrected chi connectivity index (χ4v) is 1.39. The molecule has 5 nitrogen and oxygen atoms in total. The van der Waals surface area contributed by atoms with Gasteiger partial charge >= 0.3 is 6.03 Å². The molecule has 1 aromatic heterocycles. The zero-order valence-corrected chi connectivity index (χ0v) is 9.26. The number of hydrogen-bond donors (Lipinski definition) is 2. The van der Waals surface area contributed by atoms with Gasteiger partial charge in [-0.05, 0) is 24.3 Å². The van der Waals surface area contributed by atoms with Crippen LogP contribution in [0.5, 0.6) is 0 Å². The van der Waals surface area contributed by atoms with Gasteiger partial charge in [0.25, 0.3) is 0 Å². The van der Waals surface area contributed by atoms with Crippen LogP contribution in [-0.2, 0) is 0 Å². The van der Waals surface area contributed by atoms with E-state index in [1.165, 1.54) is 12.3 Å². The van der Waals surface area contributed by atoms with Gasteiger partial charge in [-0.2, -0.15) is 5.10 Å². The molecule has 0 bridgehead atoms. The summed E-state index contributed by atoms with van der Waals surface area (Å²) in [7, 11) is 0. The molecule has 0 atom stereocenters. The minimum atomic E-state index is -0.771. The monoisotopic (exact) mass is 247 g/mol. The van der Waals surface area contributed by atoms with Crippen molar-refractivity contribution in [2.45, 2.75) is 0 Å². The van der Waals surface area contributed by atoms with Crippen molar-refractivity contribution in [1.82, 2.24) is 5.43 Å². The standard InChI is InChI=1S/C12H10FN3O2/c13-10-4-2-1-3-9(10)11-6-5-8(18-11)7-15-16-12(14)17/h1-7H,(H3,14,16,17). The number of halogens is 1. The van der Waals surface area contributed by atoms with E-state index in [1.807, 2.05) is 5.43 Å². The maximum absolute atomic E-state index is 13.5. The Morgan fingerprint density at radius 1 is 1.33 bits per heavy atom. The summed E-state index contributed by atoms with van der Waals surface area (Å²) in [5.41, 5.74) is 7.22. The zero-order valence-electron chi connectivity index (χ0n) is 9.26. The number of nitrogens with zero attached hydrogens (tertiary/aromatic N) is 1. The van der Waals surface area contributed by atoms with Crippen molar-refractivity contribution >= 4 is 12.2 Å². The van der Waals surface area contributed by atoms with E-state index >= 15 is 0 Å². The fraction of sp³-hybridized carbons (Fsp3) is 0. The number of urea groups is 1. The molecule has 1 heterocycles. The third kappa shape index (κ3) is 2.73. The Morgan fingerprint density at radius 2 is 2.11 bits per heavy atom. The molecule has 0 aliphatic carbocycles. The van der Waals surface area contributed by atoms with Crippen LogP contribution in [0.25, 0.3) is 11.3 Å². The SMILES string of the molecule is NC(=O)NN=Cc1ccc(-c2ccccc2F)o1. The Hall–Kier alpha value is -2.63. The molecule has 6 heteroatoms. The Bertz CT molecular complexity index is 593. The lowest BCUT2D eigenvalue weighted by Gasteiger charge is -1.97. The predicted molar refractivity (Wildman–Crippen MR) is 64.4 cm³/mol. The first-order chi connectivity index (χ1) is 8.66. The highest BCUT2D eigenvalue weighted by Crippen LogP contribution is 2.23. The number of hydrogen-bond acceptors (Lipinski definition) is 3. The van der Waals surface area contributed by atoms with Crippen molar-refractivity contribution < 1.29 is 13.6 Å². The number of amides is 2. The third-order valence-corrected chi connectivity index (χ3v) is 2.13. The van der Waals surface area contributed by atoms with Crippen LogP contribution in [0.15, 0.2) is 45.9 Å². The number of carbonyl (C=O) groups is 1. The Labute approximate surface area is 102 Å². The lowest BCUT2D eigenvalue weighted by molar-refractivity contribution is 0.249. The van der Waals surface area contributed by atoms with Gasteiger partial charge in [-0.3, -0.25) is 0 Å². The molecule has 0 unspecified atom stereocenters. The molecule has 0 saturated carbocycles. The average Bonchev–Trinajstić information content (AvgIpc) is 2.78. The summed E-state index contributed by atoms with van der Waals surface area (Å²) in [4.78, 5) is 10.4. The molecule has 1 aromatic carbocycles. The lowest BCUT2D eigenvalue weighted by atomic mass is 10.1. The number of primary amides is 1. The van der Waals surface area contributed by atoms with Crippen molar-refractivity contribution in [2.24, 2.45) is 10.8 Å². The first-order valence-corrected chi connectivity index (χ1v) is 5.10. The van der Waals surface area contributed by atoms with Crippen molar-refractivity contribution in [3.63, 3.8) is 0 Å². The topological polar surface area (TPSA) is 80.6 Å². The van der Waals surface area contributed by atoms with E-state index in [9.17, 15) is 9.18 Å². The van der Waals surface area contributed by atoms with Crippen LogP contribution < -0.4 is 11.2 Å². The van der Waals surface area contributed by atoms with Gasteiger partial charge in [-0.25, -0.2) is 14.6 Å². The van der Waals surface area contributed by atoms with Gasteiger partial charge in [0.1, 0.15) is 17.3 Å². The smallest absolute Gasteiger partial charge is 0.332 e. The second kappa shape index (κ2) is 5.13. The molecule has 0 aliphatic rings. The number of hydrazone groups is 1. The van der Waals surface area contributed by atoms with E-state index in [0.29, 0.717) is 17.1 Å². The summed E-state index contributed by atoms with van der Waals surface area (Å²) in [6, 6.07) is 8.71. The number of rotatable bonds is 3. The first kappa shape index (κ1) is 11.8. The van der Waals surface area contributed by atoms with E-state index in [4.69, 9.17) is 10.2 Å². The summed E-state index contributed by atoms with van der Waals surface area (Å²) in [6.07, 6.45) is 1.27. The molecule has 2 amide bonds. The normalized spacial score (nSPS) is 10.7. The van der Waals surface area contributed by atoms with Crippen LogP contribution in [-0.4, -0.2) is 12.2 Å². The van der Waals surface area contributed by atoms with Crippen LogP contribution in [0.2, 0.25) is 0 Å². The van der Waals surface area contributed by atoms with E-state index in [-0.39, 0.29) is 5.82 Å². The van der Waals surface area contributed by atoms with Crippen molar-refractivity contribution in [3.8, 4) is 11.3 Å². The molecule has 0 spiro atoms. The molecule has 18 heavy (non-hydrogen) atoms. The van der Waals surface area contributed by atoms with Gasteiger partial charge in [0.05, 0.1) is 11.8 Å². The molecule has 92 valence electrons. The lowest BCUT2D eigenvalue weighted by Crippen LogP contribution is -2.24. The maximum atomic E-state index is 13.5. The Balaban J connectivity index is 2.18. The minimum Gasteiger partial charge on any atom is -0.455 e. The highest BCUT2D eigenvalue weighted by Gasteiger charge is 2.07. The number of nitrogens with one attached hydrogen (secondary N) is 1. The molecule has 0 fully saturated rings. The second-order valence-corrected chi connectivity index (χ2v) is 3.42. The Morgan fingerprint density at radius 3 is 2.83 bits per heavy atom. The van der Waals surface area contributed by atoms with Gasteiger partial charge in [-0.1, -0.05) is 12.1 Å². The van der Waals surface area contributed by atoms with Gasteiger partial charge in [-0.15, -0.1) is 0 Å². The van der Waals surface area contributed by atoms with Gasteiger partial charge in [0.2, 0.25) is 0 Å². The highest BCUT2D eigenvalue weighted by molar-refractivity contribution is 5.79. The Kier molecular flexibility index (Phi) is 3.38. The summed E-state index contributed by atoms with van der Waals surface area (Å²) >= 11 is 0. The number of carbonyl (C=O) groups excluding carboxylic acids is 1. The summed E-state index contributed by atoms with van der Waals surface area (Å²) in [5.74, 6) is 0.390. The summed E-state index contributed by atoms with van der Waals surface area (Å²) < 4.78 is 18.8. The average molecular weight is 247 g/mol. The molecule has 3 N–H and O–H groups in total. The molecule has 2 aromatic rings. The minimum absolute atomic E-state index is 0.361. The third-order valence-electron chi connectivity index (χ3n) is 2.13. The van der Waals surface area contributed by atoms with Crippen LogP contribution in [0.1, 0.15) is 5.76 Å². The largest absolute Gasteiger partial charge is 0.455 e. The van der Waals surface area contributed by atoms with Crippen molar-refractivity contribution in [1.29, 1.82) is 0 Å². The number of nitrogens with two attached hydrogens (primary N) is 1. The fourth-order valence-electron chi connectivity index (χ4n) is 1.39. The van der Waals surface area contributed by atoms with E-state index in [0.717, 1.165) is 0 Å². The summed E-state index contributed by atoms with van der Waals surface area (Å²) in [6.45, 7) is 0. The number of furan rings is 1. The van der Waals surface area contributed by atoms with E-state index in [1.54, 1.807) is 30.3 Å². The van der Waals surface area contributed by atoms with E-state index in [2.05, 4.69) is 5.10 Å². The van der Waals surface area contributed by atoms with Gasteiger partial charge in [0.15, 0.2) is 0 Å². The van der Waals surface area contributed by atoms with Gasteiger partial charge < -0.3 is 10.2 Å². The molecular formula is C12H10FN3O2. The first-order valence-electron chi connectivity index (χ1n) is 5.10. The molecule has 0 radical (unpaired) electrons. The quantitative estimate of drug-likeness (QED) is 0.643.